The molecule has 1 atom stereocenters. The number of piperidine rings is 1. The number of hydrazine groups is 1. The van der Waals surface area contributed by atoms with Crippen LogP contribution in [0.1, 0.15) is 19.3 Å². The Balaban J connectivity index is 2.79. The quantitative estimate of drug-likeness (QED) is 0.264. The topological polar surface area (TPSA) is 101 Å². The molecule has 0 aliphatic carbocycles. The Hall–Kier alpha value is -0.460. The summed E-state index contributed by atoms with van der Waals surface area (Å²) in [5, 5.41) is 10.3. The lowest BCUT2D eigenvalue weighted by Crippen LogP contribution is -2.48. The minimum atomic E-state index is -4.30. The monoisotopic (exact) mass is 224 g/mol. The molecule has 1 unspecified atom stereocenters. The average Bonchev–Trinajstić information content (AvgIpc) is 2.15. The average molecular weight is 224 g/mol. The van der Waals surface area contributed by atoms with Crippen LogP contribution in [0.3, 0.4) is 0 Å². The zero-order valence-electron chi connectivity index (χ0n) is 7.48. The second-order valence-electron chi connectivity index (χ2n) is 3.15. The van der Waals surface area contributed by atoms with Gasteiger partial charge in [-0.05, 0) is 19.3 Å². The van der Waals surface area contributed by atoms with Gasteiger partial charge in [0.15, 0.2) is 0 Å². The maximum absolute atomic E-state index is 11.0. The molecule has 1 rings (SSSR count). The highest BCUT2D eigenvalue weighted by Gasteiger charge is 2.38. The number of hydrogen-bond acceptors (Lipinski definition) is 4. The van der Waals surface area contributed by atoms with Crippen molar-refractivity contribution in [3.8, 4) is 0 Å². The lowest BCUT2D eigenvalue weighted by atomic mass is 10.2. The van der Waals surface area contributed by atoms with Crippen LogP contribution in [0, 0.1) is 0 Å². The largest absolute Gasteiger partial charge is 0.344 e. The molecule has 1 amide bonds. The smallest absolute Gasteiger partial charge is 0.323 e. The van der Waals surface area contributed by atoms with Crippen LogP contribution in [0.15, 0.2) is 0 Å². The Labute approximate surface area is 81.0 Å². The molecule has 0 aromatic carbocycles. The first kappa shape index (κ1) is 11.6. The molecular weight excluding hydrogens is 211 g/mol. The van der Waals surface area contributed by atoms with E-state index >= 15 is 0 Å². The maximum atomic E-state index is 11.0. The Kier molecular flexibility index (Phi) is 3.63. The minimum absolute atomic E-state index is 0.119. The molecule has 7 nitrogen and oxygen atoms in total. The Morgan fingerprint density at radius 1 is 1.43 bits per heavy atom. The van der Waals surface area contributed by atoms with Crippen LogP contribution in [0.2, 0.25) is 0 Å². The first-order valence-electron chi connectivity index (χ1n) is 4.22. The SMILES string of the molecule is O=CN(O)N1CCCCC1P(=O)(O)O. The molecule has 1 fully saturated rings. The number of nitrogens with zero attached hydrogens (tertiary/aromatic N) is 2. The van der Waals surface area contributed by atoms with Gasteiger partial charge in [0, 0.05) is 6.54 Å². The zero-order valence-corrected chi connectivity index (χ0v) is 8.38. The van der Waals surface area contributed by atoms with E-state index in [2.05, 4.69) is 0 Å². The van der Waals surface area contributed by atoms with Crippen LogP contribution in [0.25, 0.3) is 0 Å². The highest BCUT2D eigenvalue weighted by molar-refractivity contribution is 7.52. The third-order valence-corrected chi connectivity index (χ3v) is 3.49. The number of amides is 1. The van der Waals surface area contributed by atoms with E-state index < -0.39 is 13.4 Å². The standard InChI is InChI=1S/C6H13N2O5P/c9-5-8(10)7-4-2-1-3-6(7)14(11,12)13/h5-6,10H,1-4H2,(H2,11,12,13). The number of carbonyl (C=O) groups excluding carboxylic acids is 1. The van der Waals surface area contributed by atoms with Crippen molar-refractivity contribution in [1.82, 2.24) is 10.2 Å². The first-order chi connectivity index (χ1) is 6.46. The van der Waals surface area contributed by atoms with E-state index in [9.17, 15) is 9.36 Å². The molecule has 3 N–H and O–H groups in total. The van der Waals surface area contributed by atoms with Gasteiger partial charge in [0.05, 0.1) is 0 Å². The van der Waals surface area contributed by atoms with Crippen molar-refractivity contribution in [2.24, 2.45) is 0 Å². The minimum Gasteiger partial charge on any atom is -0.323 e. The highest BCUT2D eigenvalue weighted by atomic mass is 31.2. The van der Waals surface area contributed by atoms with Crippen molar-refractivity contribution in [2.45, 2.75) is 25.0 Å². The van der Waals surface area contributed by atoms with Crippen molar-refractivity contribution in [3.05, 3.63) is 0 Å². The van der Waals surface area contributed by atoms with Crippen molar-refractivity contribution < 1.29 is 24.4 Å². The molecule has 8 heteroatoms. The molecule has 1 saturated heterocycles. The van der Waals surface area contributed by atoms with Gasteiger partial charge in [0.1, 0.15) is 5.78 Å². The van der Waals surface area contributed by atoms with E-state index in [1.54, 1.807) is 0 Å². The number of hydrogen-bond donors (Lipinski definition) is 3. The van der Waals surface area contributed by atoms with Crippen LogP contribution < -0.4 is 0 Å². The summed E-state index contributed by atoms with van der Waals surface area (Å²) in [6.07, 6.45) is 1.77. The van der Waals surface area contributed by atoms with E-state index in [-0.39, 0.29) is 24.5 Å². The van der Waals surface area contributed by atoms with Crippen LogP contribution in [-0.2, 0) is 9.36 Å². The molecule has 0 bridgehead atoms. The van der Waals surface area contributed by atoms with Gasteiger partial charge in [-0.25, -0.2) is 0 Å². The summed E-state index contributed by atoms with van der Waals surface area (Å²) in [4.78, 5) is 28.2. The van der Waals surface area contributed by atoms with Crippen LogP contribution in [-0.4, -0.2) is 43.9 Å². The van der Waals surface area contributed by atoms with E-state index in [1.165, 1.54) is 0 Å². The normalized spacial score (nSPS) is 24.6. The summed E-state index contributed by atoms with van der Waals surface area (Å²) in [6.45, 7) is 0.269. The van der Waals surface area contributed by atoms with Crippen molar-refractivity contribution in [2.75, 3.05) is 6.54 Å². The lowest BCUT2D eigenvalue weighted by Gasteiger charge is -2.37. The molecule has 1 heterocycles. The van der Waals surface area contributed by atoms with Gasteiger partial charge in [0.25, 0.3) is 0 Å². The van der Waals surface area contributed by atoms with E-state index in [0.717, 1.165) is 5.01 Å². The summed E-state index contributed by atoms with van der Waals surface area (Å²) >= 11 is 0. The molecule has 1 aliphatic heterocycles. The zero-order chi connectivity index (χ0) is 10.8. The maximum Gasteiger partial charge on any atom is 0.344 e. The van der Waals surface area contributed by atoms with Gasteiger partial charge in [-0.15, -0.1) is 0 Å². The van der Waals surface area contributed by atoms with Gasteiger partial charge >= 0.3 is 7.60 Å². The highest BCUT2D eigenvalue weighted by Crippen LogP contribution is 2.47. The summed E-state index contributed by atoms with van der Waals surface area (Å²) in [5.41, 5.74) is 0. The van der Waals surface area contributed by atoms with Gasteiger partial charge in [-0.3, -0.25) is 14.6 Å². The molecule has 0 radical (unpaired) electrons. The van der Waals surface area contributed by atoms with E-state index in [0.29, 0.717) is 12.8 Å². The van der Waals surface area contributed by atoms with Crippen molar-refractivity contribution in [1.29, 1.82) is 0 Å². The van der Waals surface area contributed by atoms with Crippen LogP contribution in [0.4, 0.5) is 0 Å². The second kappa shape index (κ2) is 4.37. The molecule has 82 valence electrons. The van der Waals surface area contributed by atoms with Crippen molar-refractivity contribution in [3.63, 3.8) is 0 Å². The summed E-state index contributed by atoms with van der Waals surface area (Å²) < 4.78 is 11.0. The van der Waals surface area contributed by atoms with Gasteiger partial charge in [-0.1, -0.05) is 0 Å². The third kappa shape index (κ3) is 2.52. The first-order valence-corrected chi connectivity index (χ1v) is 5.90. The fourth-order valence-electron chi connectivity index (χ4n) is 1.54. The molecule has 0 saturated carbocycles. The Morgan fingerprint density at radius 2 is 2.07 bits per heavy atom. The third-order valence-electron chi connectivity index (χ3n) is 2.19. The fourth-order valence-corrected chi connectivity index (χ4v) is 2.63. The summed E-state index contributed by atoms with van der Waals surface area (Å²) in [5.74, 6) is -1.09. The second-order valence-corrected chi connectivity index (χ2v) is 4.93. The van der Waals surface area contributed by atoms with Crippen molar-refractivity contribution >= 4 is 14.0 Å². The van der Waals surface area contributed by atoms with Gasteiger partial charge < -0.3 is 9.79 Å². The number of rotatable bonds is 3. The number of hydroxylamine groups is 1. The number of carbonyl (C=O) groups is 1. The summed E-state index contributed by atoms with van der Waals surface area (Å²) in [7, 11) is -4.30. The Bertz CT molecular complexity index is 255. The lowest BCUT2D eigenvalue weighted by molar-refractivity contribution is -0.236. The van der Waals surface area contributed by atoms with E-state index in [4.69, 9.17) is 15.0 Å². The summed E-state index contributed by atoms with van der Waals surface area (Å²) in [6, 6.07) is 0. The molecule has 1 aliphatic rings. The molecule has 0 spiro atoms. The van der Waals surface area contributed by atoms with Crippen LogP contribution in [0.5, 0.6) is 0 Å². The molecule has 14 heavy (non-hydrogen) atoms. The molecular formula is C6H13N2O5P. The predicted molar refractivity (Wildman–Crippen MR) is 46.1 cm³/mol. The molecule has 0 aromatic heterocycles. The van der Waals surface area contributed by atoms with Gasteiger partial charge in [0.2, 0.25) is 6.41 Å². The van der Waals surface area contributed by atoms with Crippen LogP contribution >= 0.6 is 7.60 Å². The van der Waals surface area contributed by atoms with E-state index in [1.807, 2.05) is 0 Å². The fraction of sp³-hybridized carbons (Fsp3) is 0.833. The predicted octanol–water partition coefficient (Wildman–Crippen LogP) is -0.261. The molecule has 0 aromatic rings. The Morgan fingerprint density at radius 3 is 2.57 bits per heavy atom. The van der Waals surface area contributed by atoms with Gasteiger partial charge in [-0.2, -0.15) is 10.2 Å².